The summed E-state index contributed by atoms with van der Waals surface area (Å²) in [6, 6.07) is 3.87. The van der Waals surface area contributed by atoms with Crippen molar-refractivity contribution < 1.29 is 37.7 Å². The van der Waals surface area contributed by atoms with Gasteiger partial charge >= 0.3 is 18.7 Å². The summed E-state index contributed by atoms with van der Waals surface area (Å²) in [5.74, 6) is -0.713. The van der Waals surface area contributed by atoms with E-state index >= 15 is 0 Å². The minimum atomic E-state index is -3.14. The number of esters is 1. The lowest BCUT2D eigenvalue weighted by atomic mass is 10.1. The van der Waals surface area contributed by atoms with Gasteiger partial charge in [0.05, 0.1) is 26.3 Å². The fourth-order valence-electron chi connectivity index (χ4n) is 3.74. The molecule has 0 aliphatic carbocycles. The summed E-state index contributed by atoms with van der Waals surface area (Å²) >= 11 is 3.36. The molecule has 0 radical (unpaired) electrons. The number of halogens is 3. The number of nitrogens with zero attached hydrogens (tertiary/aromatic N) is 4. The van der Waals surface area contributed by atoms with Gasteiger partial charge in [-0.2, -0.15) is 18.9 Å². The van der Waals surface area contributed by atoms with Gasteiger partial charge in [-0.25, -0.2) is 14.6 Å². The first-order chi connectivity index (χ1) is 18.2. The third kappa shape index (κ3) is 7.04. The molecule has 0 aliphatic rings. The fraction of sp³-hybridized carbons (Fsp3) is 0.435. The number of fused-ring (bicyclic) bond motifs is 1. The standard InChI is InChI=1S/C23H27BrF2N6O6/c1-4-5-14(8-9-33)27-19-17-16(28-22(29-19)30-23(35)37-3)18(24)31-32(17)11-13-7-6-12(20(34)36-2)10-15(13)38-21(25)26/h6-7,10,14,21,33H,4-5,8-9,11H2,1-3H3,(H2,27,28,29,30,35)/t14-/m0/s1. The summed E-state index contributed by atoms with van der Waals surface area (Å²) in [6.07, 6.45) is 1.18. The van der Waals surface area contributed by atoms with Crippen LogP contribution in [-0.2, 0) is 16.0 Å². The quantitative estimate of drug-likeness (QED) is 0.258. The summed E-state index contributed by atoms with van der Waals surface area (Å²) in [5.41, 5.74) is 1.04. The Morgan fingerprint density at radius 3 is 2.58 bits per heavy atom. The van der Waals surface area contributed by atoms with Crippen molar-refractivity contribution in [3.63, 3.8) is 0 Å². The zero-order valence-electron chi connectivity index (χ0n) is 20.8. The van der Waals surface area contributed by atoms with Crippen LogP contribution >= 0.6 is 15.9 Å². The van der Waals surface area contributed by atoms with E-state index in [1.807, 2.05) is 6.92 Å². The van der Waals surface area contributed by atoms with Crippen molar-refractivity contribution in [2.24, 2.45) is 0 Å². The van der Waals surface area contributed by atoms with Gasteiger partial charge in [0.15, 0.2) is 10.4 Å². The second kappa shape index (κ2) is 13.3. The van der Waals surface area contributed by atoms with Crippen molar-refractivity contribution in [3.8, 4) is 5.75 Å². The Labute approximate surface area is 224 Å². The van der Waals surface area contributed by atoms with Crippen LogP contribution < -0.4 is 15.4 Å². The van der Waals surface area contributed by atoms with Crippen LogP contribution in [0.4, 0.5) is 25.3 Å². The number of aliphatic hydroxyl groups is 1. The van der Waals surface area contributed by atoms with Gasteiger partial charge in [0.25, 0.3) is 0 Å². The Hall–Kier alpha value is -3.59. The number of carbonyl (C=O) groups excluding carboxylic acids is 2. The molecule has 0 aliphatic heterocycles. The first-order valence-electron chi connectivity index (χ1n) is 11.5. The summed E-state index contributed by atoms with van der Waals surface area (Å²) < 4.78 is 42.1. The van der Waals surface area contributed by atoms with Gasteiger partial charge < -0.3 is 24.6 Å². The Kier molecular flexibility index (Phi) is 10.1. The second-order valence-electron chi connectivity index (χ2n) is 7.99. The predicted molar refractivity (Wildman–Crippen MR) is 137 cm³/mol. The maximum absolute atomic E-state index is 13.2. The average molecular weight is 601 g/mol. The molecule has 1 amide bonds. The zero-order valence-corrected chi connectivity index (χ0v) is 22.4. The molecule has 1 atom stereocenters. The Morgan fingerprint density at radius 2 is 1.95 bits per heavy atom. The van der Waals surface area contributed by atoms with Gasteiger partial charge in [0.1, 0.15) is 16.8 Å². The van der Waals surface area contributed by atoms with Crippen molar-refractivity contribution in [3.05, 3.63) is 33.9 Å². The molecule has 3 rings (SSSR count). The predicted octanol–water partition coefficient (Wildman–Crippen LogP) is 4.17. The highest BCUT2D eigenvalue weighted by Gasteiger charge is 2.22. The summed E-state index contributed by atoms with van der Waals surface area (Å²) in [6.45, 7) is -1.27. The van der Waals surface area contributed by atoms with Crippen molar-refractivity contribution in [1.82, 2.24) is 19.7 Å². The second-order valence-corrected chi connectivity index (χ2v) is 8.74. The number of benzene rings is 1. The van der Waals surface area contributed by atoms with E-state index in [-0.39, 0.29) is 47.8 Å². The van der Waals surface area contributed by atoms with Crippen LogP contribution in [0.2, 0.25) is 0 Å². The van der Waals surface area contributed by atoms with Gasteiger partial charge in [-0.15, -0.1) is 0 Å². The largest absolute Gasteiger partial charge is 0.465 e. The molecule has 0 bridgehead atoms. The first kappa shape index (κ1) is 29.0. The highest BCUT2D eigenvalue weighted by molar-refractivity contribution is 9.10. The van der Waals surface area contributed by atoms with Gasteiger partial charge in [0.2, 0.25) is 5.95 Å². The Morgan fingerprint density at radius 1 is 1.18 bits per heavy atom. The van der Waals surface area contributed by atoms with Crippen LogP contribution in [0.3, 0.4) is 0 Å². The molecular formula is C23H27BrF2N6O6. The maximum atomic E-state index is 13.2. The number of alkyl halides is 2. The van der Waals surface area contributed by atoms with Crippen LogP contribution in [0.1, 0.15) is 42.1 Å². The molecule has 0 fully saturated rings. The molecule has 15 heteroatoms. The van der Waals surface area contributed by atoms with E-state index in [4.69, 9.17) is 0 Å². The molecule has 12 nitrogen and oxygen atoms in total. The van der Waals surface area contributed by atoms with E-state index in [0.29, 0.717) is 28.5 Å². The minimum Gasteiger partial charge on any atom is -0.465 e. The van der Waals surface area contributed by atoms with E-state index in [1.165, 1.54) is 37.1 Å². The molecular weight excluding hydrogens is 574 g/mol. The number of ether oxygens (including phenoxy) is 3. The van der Waals surface area contributed by atoms with E-state index in [0.717, 1.165) is 6.42 Å². The molecule has 206 valence electrons. The molecule has 2 aromatic heterocycles. The number of methoxy groups -OCH3 is 2. The number of hydrogen-bond acceptors (Lipinski definition) is 10. The fourth-order valence-corrected chi connectivity index (χ4v) is 4.21. The maximum Gasteiger partial charge on any atom is 0.413 e. The molecule has 0 unspecified atom stereocenters. The topological polar surface area (TPSA) is 150 Å². The molecule has 3 N–H and O–H groups in total. The molecule has 0 saturated carbocycles. The van der Waals surface area contributed by atoms with E-state index in [9.17, 15) is 23.5 Å². The third-order valence-corrected chi connectivity index (χ3v) is 5.96. The van der Waals surface area contributed by atoms with Crippen LogP contribution in [-0.4, -0.2) is 70.4 Å². The third-order valence-electron chi connectivity index (χ3n) is 5.43. The number of carbonyl (C=O) groups is 2. The van der Waals surface area contributed by atoms with Crippen LogP contribution in [0.5, 0.6) is 5.75 Å². The monoisotopic (exact) mass is 600 g/mol. The molecule has 2 heterocycles. The number of aromatic nitrogens is 4. The van der Waals surface area contributed by atoms with E-state index in [2.05, 4.69) is 55.8 Å². The van der Waals surface area contributed by atoms with Crippen molar-refractivity contribution in [2.45, 2.75) is 45.4 Å². The number of amides is 1. The summed E-state index contributed by atoms with van der Waals surface area (Å²) in [4.78, 5) is 32.5. The van der Waals surface area contributed by atoms with Crippen LogP contribution in [0.25, 0.3) is 11.0 Å². The number of rotatable bonds is 12. The minimum absolute atomic E-state index is 0.0361. The summed E-state index contributed by atoms with van der Waals surface area (Å²) in [5, 5.41) is 19.7. The number of aliphatic hydroxyl groups excluding tert-OH is 1. The Balaban J connectivity index is 2.13. The van der Waals surface area contributed by atoms with Crippen LogP contribution in [0, 0.1) is 0 Å². The average Bonchev–Trinajstić information content (AvgIpc) is 3.19. The van der Waals surface area contributed by atoms with Gasteiger partial charge in [0, 0.05) is 18.2 Å². The number of anilines is 2. The smallest absolute Gasteiger partial charge is 0.413 e. The van der Waals surface area contributed by atoms with Crippen molar-refractivity contribution in [1.29, 1.82) is 0 Å². The van der Waals surface area contributed by atoms with E-state index < -0.39 is 18.7 Å². The van der Waals surface area contributed by atoms with Gasteiger partial charge in [-0.1, -0.05) is 19.4 Å². The van der Waals surface area contributed by atoms with Crippen LogP contribution in [0.15, 0.2) is 22.8 Å². The SMILES string of the molecule is CCC[C@@H](CCO)Nc1nc(NC(=O)OC)nc2c(Br)nn(Cc3ccc(C(=O)OC)cc3OC(F)F)c12. The molecule has 38 heavy (non-hydrogen) atoms. The van der Waals surface area contributed by atoms with Crippen molar-refractivity contribution >= 4 is 50.8 Å². The Bertz CT molecular complexity index is 1290. The van der Waals surface area contributed by atoms with Crippen molar-refractivity contribution in [2.75, 3.05) is 31.5 Å². The highest BCUT2D eigenvalue weighted by atomic mass is 79.9. The first-order valence-corrected chi connectivity index (χ1v) is 12.3. The summed E-state index contributed by atoms with van der Waals surface area (Å²) in [7, 11) is 2.38. The number of hydrogen-bond donors (Lipinski definition) is 3. The zero-order chi connectivity index (χ0) is 27.8. The molecule has 3 aromatic rings. The lowest BCUT2D eigenvalue weighted by molar-refractivity contribution is -0.0505. The molecule has 0 saturated heterocycles. The molecule has 1 aromatic carbocycles. The molecule has 0 spiro atoms. The van der Waals surface area contributed by atoms with E-state index in [1.54, 1.807) is 0 Å². The van der Waals surface area contributed by atoms with Gasteiger partial charge in [-0.3, -0.25) is 10.00 Å². The van der Waals surface area contributed by atoms with Gasteiger partial charge in [-0.05, 0) is 40.9 Å². The lowest BCUT2D eigenvalue weighted by Crippen LogP contribution is -2.23. The number of nitrogens with one attached hydrogen (secondary N) is 2. The normalized spacial score (nSPS) is 11.9. The lowest BCUT2D eigenvalue weighted by Gasteiger charge is -2.19. The highest BCUT2D eigenvalue weighted by Crippen LogP contribution is 2.32.